The Morgan fingerprint density at radius 3 is 2.17 bits per heavy atom. The molecule has 2 aromatic rings. The van der Waals surface area contributed by atoms with Gasteiger partial charge in [0.05, 0.1) is 5.92 Å². The first-order valence-corrected chi connectivity index (χ1v) is 8.48. The van der Waals surface area contributed by atoms with Gasteiger partial charge in [0.25, 0.3) is 0 Å². The predicted octanol–water partition coefficient (Wildman–Crippen LogP) is 3.63. The number of hydrogen-bond donors (Lipinski definition) is 1. The van der Waals surface area contributed by atoms with Gasteiger partial charge in [-0.3, -0.25) is 4.79 Å². The first kappa shape index (κ1) is 14.5. The number of carbonyl (C=O) groups excluding carboxylic acids is 1. The maximum Gasteiger partial charge on any atom is 0.229 e. The molecule has 0 aliphatic carbocycles. The number of hydrogen-bond acceptors (Lipinski definition) is 2. The average molecular weight is 306 g/mol. The van der Waals surface area contributed by atoms with E-state index in [0.717, 1.165) is 12.2 Å². The van der Waals surface area contributed by atoms with Crippen LogP contribution in [0.1, 0.15) is 12.8 Å². The van der Waals surface area contributed by atoms with Crippen molar-refractivity contribution in [1.29, 1.82) is 0 Å². The fourth-order valence-corrected chi connectivity index (χ4v) is 3.87. The summed E-state index contributed by atoms with van der Waals surface area (Å²) >= 11 is 0. The summed E-state index contributed by atoms with van der Waals surface area (Å²) in [6.07, 6.45) is 2.34. The minimum Gasteiger partial charge on any atom is -0.326 e. The number of amides is 1. The van der Waals surface area contributed by atoms with E-state index in [0.29, 0.717) is 5.92 Å². The Labute approximate surface area is 137 Å². The van der Waals surface area contributed by atoms with Crippen molar-refractivity contribution in [1.82, 2.24) is 4.90 Å². The number of carbonyl (C=O) groups is 1. The van der Waals surface area contributed by atoms with Gasteiger partial charge in [-0.05, 0) is 55.1 Å². The van der Waals surface area contributed by atoms with Crippen molar-refractivity contribution in [2.24, 2.45) is 11.8 Å². The molecule has 1 atom stereocenters. The molecule has 0 saturated carbocycles. The molecule has 23 heavy (non-hydrogen) atoms. The molecular weight excluding hydrogens is 284 g/mol. The van der Waals surface area contributed by atoms with E-state index in [9.17, 15) is 4.79 Å². The molecule has 3 fully saturated rings. The van der Waals surface area contributed by atoms with Crippen molar-refractivity contribution in [2.75, 3.05) is 25.0 Å². The van der Waals surface area contributed by atoms with Crippen molar-refractivity contribution >= 4 is 11.6 Å². The highest BCUT2D eigenvalue weighted by Gasteiger charge is 2.38. The zero-order valence-corrected chi connectivity index (χ0v) is 13.2. The van der Waals surface area contributed by atoms with Crippen molar-refractivity contribution in [3.63, 3.8) is 0 Å². The molecule has 2 bridgehead atoms. The van der Waals surface area contributed by atoms with Gasteiger partial charge in [-0.25, -0.2) is 0 Å². The fraction of sp³-hybridized carbons (Fsp3) is 0.350. The second-order valence-electron chi connectivity index (χ2n) is 6.68. The summed E-state index contributed by atoms with van der Waals surface area (Å²) in [7, 11) is 0. The number of piperidine rings is 3. The smallest absolute Gasteiger partial charge is 0.229 e. The van der Waals surface area contributed by atoms with Crippen LogP contribution in [0, 0.1) is 11.8 Å². The van der Waals surface area contributed by atoms with Crippen LogP contribution in [-0.4, -0.2) is 30.4 Å². The van der Waals surface area contributed by atoms with Crippen LogP contribution in [0.5, 0.6) is 0 Å². The molecule has 0 unspecified atom stereocenters. The third kappa shape index (κ3) is 3.02. The van der Waals surface area contributed by atoms with Crippen LogP contribution < -0.4 is 5.32 Å². The highest BCUT2D eigenvalue weighted by molar-refractivity contribution is 5.93. The standard InChI is InChI=1S/C20H22N2O/c23-20(19-14-22-12-10-17(19)11-13-22)21-18-8-6-16(7-9-18)15-4-2-1-3-5-15/h1-9,17,19H,10-14H2,(H,21,23)/t19-/m0/s1. The third-order valence-electron chi connectivity index (χ3n) is 5.25. The summed E-state index contributed by atoms with van der Waals surface area (Å²) in [5.41, 5.74) is 3.26. The predicted molar refractivity (Wildman–Crippen MR) is 93.2 cm³/mol. The normalized spacial score (nSPS) is 26.0. The van der Waals surface area contributed by atoms with Crippen LogP contribution >= 0.6 is 0 Å². The molecule has 0 spiro atoms. The topological polar surface area (TPSA) is 32.3 Å². The Hall–Kier alpha value is -2.13. The van der Waals surface area contributed by atoms with Crippen LogP contribution in [0.25, 0.3) is 11.1 Å². The van der Waals surface area contributed by atoms with Gasteiger partial charge in [0, 0.05) is 12.2 Å². The lowest BCUT2D eigenvalue weighted by atomic mass is 9.78. The third-order valence-corrected chi connectivity index (χ3v) is 5.25. The Morgan fingerprint density at radius 2 is 1.57 bits per heavy atom. The summed E-state index contributed by atoms with van der Waals surface area (Å²) in [4.78, 5) is 15.0. The highest BCUT2D eigenvalue weighted by Crippen LogP contribution is 2.33. The molecule has 0 radical (unpaired) electrons. The SMILES string of the molecule is O=C(Nc1ccc(-c2ccccc2)cc1)[C@H]1CN2CCC1CC2. The zero-order valence-electron chi connectivity index (χ0n) is 13.2. The number of nitrogens with zero attached hydrogens (tertiary/aromatic N) is 1. The van der Waals surface area contributed by atoms with Crippen LogP contribution in [0.2, 0.25) is 0 Å². The number of fused-ring (bicyclic) bond motifs is 3. The van der Waals surface area contributed by atoms with Crippen LogP contribution in [0.3, 0.4) is 0 Å². The van der Waals surface area contributed by atoms with Crippen LogP contribution in [0.15, 0.2) is 54.6 Å². The van der Waals surface area contributed by atoms with E-state index in [4.69, 9.17) is 0 Å². The van der Waals surface area contributed by atoms with Gasteiger partial charge in [-0.1, -0.05) is 42.5 Å². The number of rotatable bonds is 3. The zero-order chi connectivity index (χ0) is 15.6. The van der Waals surface area contributed by atoms with Crippen LogP contribution in [-0.2, 0) is 4.79 Å². The fourth-order valence-electron chi connectivity index (χ4n) is 3.87. The van der Waals surface area contributed by atoms with E-state index in [1.165, 1.54) is 37.1 Å². The molecule has 3 aliphatic rings. The second kappa shape index (κ2) is 6.17. The summed E-state index contributed by atoms with van der Waals surface area (Å²) in [6, 6.07) is 18.4. The lowest BCUT2D eigenvalue weighted by molar-refractivity contribution is -0.125. The van der Waals surface area contributed by atoms with Gasteiger partial charge in [0.2, 0.25) is 5.91 Å². The lowest BCUT2D eigenvalue weighted by Gasteiger charge is -2.43. The van der Waals surface area contributed by atoms with E-state index in [1.54, 1.807) is 0 Å². The molecule has 1 amide bonds. The molecule has 118 valence electrons. The number of anilines is 1. The summed E-state index contributed by atoms with van der Waals surface area (Å²) < 4.78 is 0. The molecule has 3 nitrogen and oxygen atoms in total. The average Bonchev–Trinajstić information content (AvgIpc) is 2.64. The minimum atomic E-state index is 0.159. The maximum absolute atomic E-state index is 12.6. The second-order valence-corrected chi connectivity index (χ2v) is 6.68. The largest absolute Gasteiger partial charge is 0.326 e. The molecule has 2 aromatic carbocycles. The van der Waals surface area contributed by atoms with Gasteiger partial charge >= 0.3 is 0 Å². The molecule has 3 heterocycles. The molecule has 5 rings (SSSR count). The van der Waals surface area contributed by atoms with E-state index < -0.39 is 0 Å². The van der Waals surface area contributed by atoms with Crippen molar-refractivity contribution in [3.8, 4) is 11.1 Å². The van der Waals surface area contributed by atoms with E-state index in [2.05, 4.69) is 34.5 Å². The quantitative estimate of drug-likeness (QED) is 0.939. The summed E-state index contributed by atoms with van der Waals surface area (Å²) in [6.45, 7) is 3.26. The van der Waals surface area contributed by atoms with Crippen molar-refractivity contribution < 1.29 is 4.79 Å². The van der Waals surface area contributed by atoms with Gasteiger partial charge in [0.15, 0.2) is 0 Å². The van der Waals surface area contributed by atoms with E-state index in [1.807, 2.05) is 30.3 Å². The van der Waals surface area contributed by atoms with Gasteiger partial charge in [-0.2, -0.15) is 0 Å². The minimum absolute atomic E-state index is 0.159. The van der Waals surface area contributed by atoms with Crippen molar-refractivity contribution in [2.45, 2.75) is 12.8 Å². The molecule has 0 aromatic heterocycles. The summed E-state index contributed by atoms with van der Waals surface area (Å²) in [5, 5.41) is 3.11. The first-order chi connectivity index (χ1) is 11.3. The Bertz CT molecular complexity index is 673. The Balaban J connectivity index is 1.44. The van der Waals surface area contributed by atoms with E-state index >= 15 is 0 Å². The Kier molecular flexibility index (Phi) is 3.88. The lowest BCUT2D eigenvalue weighted by Crippen LogP contribution is -2.51. The molecule has 3 saturated heterocycles. The maximum atomic E-state index is 12.6. The van der Waals surface area contributed by atoms with Gasteiger partial charge in [0.1, 0.15) is 0 Å². The molecular formula is C20H22N2O. The van der Waals surface area contributed by atoms with Gasteiger partial charge < -0.3 is 10.2 Å². The van der Waals surface area contributed by atoms with Crippen LogP contribution in [0.4, 0.5) is 5.69 Å². The molecule has 1 N–H and O–H groups in total. The van der Waals surface area contributed by atoms with E-state index in [-0.39, 0.29) is 11.8 Å². The highest BCUT2D eigenvalue weighted by atomic mass is 16.1. The number of benzene rings is 2. The van der Waals surface area contributed by atoms with Crippen molar-refractivity contribution in [3.05, 3.63) is 54.6 Å². The molecule has 3 aliphatic heterocycles. The van der Waals surface area contributed by atoms with Gasteiger partial charge in [-0.15, -0.1) is 0 Å². The number of nitrogens with one attached hydrogen (secondary N) is 1. The molecule has 3 heteroatoms. The Morgan fingerprint density at radius 1 is 0.913 bits per heavy atom. The first-order valence-electron chi connectivity index (χ1n) is 8.48. The monoisotopic (exact) mass is 306 g/mol. The summed E-state index contributed by atoms with van der Waals surface area (Å²) in [5.74, 6) is 0.918.